The minimum Gasteiger partial charge on any atom is -0.465 e. The first kappa shape index (κ1) is 15.3. The summed E-state index contributed by atoms with van der Waals surface area (Å²) in [6.07, 6.45) is 1.06. The highest BCUT2D eigenvalue weighted by atomic mass is 16.4. The van der Waals surface area contributed by atoms with Crippen LogP contribution in [0.3, 0.4) is 0 Å². The Kier molecular flexibility index (Phi) is 5.02. The monoisotopic (exact) mass is 256 g/mol. The standard InChI is InChI=1S/C14H28N2O2/c1-10(2)9-15-11-6-7-16(13(17)18)12(8-11)14(3,4)5/h10-12,15H,6-9H2,1-5H3,(H,17,18). The Balaban J connectivity index is 2.65. The molecule has 2 atom stereocenters. The molecule has 1 saturated heterocycles. The minimum atomic E-state index is -0.780. The van der Waals surface area contributed by atoms with E-state index in [-0.39, 0.29) is 11.5 Å². The van der Waals surface area contributed by atoms with Crippen molar-refractivity contribution in [2.45, 2.75) is 59.5 Å². The number of hydrogen-bond donors (Lipinski definition) is 2. The summed E-state index contributed by atoms with van der Waals surface area (Å²) in [4.78, 5) is 12.9. The summed E-state index contributed by atoms with van der Waals surface area (Å²) in [5.41, 5.74) is -0.00340. The predicted octanol–water partition coefficient (Wildman–Crippen LogP) is 2.79. The molecule has 2 N–H and O–H groups in total. The first-order valence-corrected chi connectivity index (χ1v) is 6.94. The van der Waals surface area contributed by atoms with E-state index in [0.29, 0.717) is 18.5 Å². The fraction of sp³-hybridized carbons (Fsp3) is 0.929. The average Bonchev–Trinajstić information content (AvgIpc) is 2.24. The van der Waals surface area contributed by atoms with Gasteiger partial charge >= 0.3 is 6.09 Å². The topological polar surface area (TPSA) is 52.6 Å². The summed E-state index contributed by atoms with van der Waals surface area (Å²) in [6.45, 7) is 12.4. The quantitative estimate of drug-likeness (QED) is 0.816. The first-order valence-electron chi connectivity index (χ1n) is 6.94. The van der Waals surface area contributed by atoms with Crippen LogP contribution in [0.4, 0.5) is 4.79 Å². The van der Waals surface area contributed by atoms with Crippen LogP contribution in [0, 0.1) is 11.3 Å². The number of carbonyl (C=O) groups is 1. The molecule has 106 valence electrons. The molecule has 0 aromatic carbocycles. The van der Waals surface area contributed by atoms with Crippen LogP contribution >= 0.6 is 0 Å². The van der Waals surface area contributed by atoms with E-state index in [9.17, 15) is 9.90 Å². The highest BCUT2D eigenvalue weighted by molar-refractivity contribution is 5.65. The molecule has 0 saturated carbocycles. The van der Waals surface area contributed by atoms with Crippen LogP contribution in [0.5, 0.6) is 0 Å². The smallest absolute Gasteiger partial charge is 0.407 e. The molecule has 18 heavy (non-hydrogen) atoms. The summed E-state index contributed by atoms with van der Waals surface area (Å²) in [5.74, 6) is 0.635. The molecular weight excluding hydrogens is 228 g/mol. The zero-order valence-electron chi connectivity index (χ0n) is 12.4. The van der Waals surface area contributed by atoms with Crippen molar-refractivity contribution in [3.8, 4) is 0 Å². The van der Waals surface area contributed by atoms with Crippen molar-refractivity contribution < 1.29 is 9.90 Å². The van der Waals surface area contributed by atoms with Gasteiger partial charge in [0.05, 0.1) is 0 Å². The second-order valence-corrected chi connectivity index (χ2v) is 6.88. The Labute approximate surface area is 111 Å². The molecule has 0 aliphatic carbocycles. The van der Waals surface area contributed by atoms with Gasteiger partial charge in [0.1, 0.15) is 0 Å². The molecule has 0 spiro atoms. The Morgan fingerprint density at radius 1 is 1.44 bits per heavy atom. The number of nitrogens with zero attached hydrogens (tertiary/aromatic N) is 1. The van der Waals surface area contributed by atoms with Crippen LogP contribution in [-0.2, 0) is 0 Å². The van der Waals surface area contributed by atoms with Gasteiger partial charge in [-0.15, -0.1) is 0 Å². The highest BCUT2D eigenvalue weighted by Gasteiger charge is 2.38. The van der Waals surface area contributed by atoms with Gasteiger partial charge in [-0.3, -0.25) is 0 Å². The zero-order valence-corrected chi connectivity index (χ0v) is 12.4. The lowest BCUT2D eigenvalue weighted by atomic mass is 9.79. The molecule has 0 aromatic rings. The first-order chi connectivity index (χ1) is 8.21. The van der Waals surface area contributed by atoms with Gasteiger partial charge in [-0.2, -0.15) is 0 Å². The SMILES string of the molecule is CC(C)CNC1CCN(C(=O)O)C(C(C)(C)C)C1. The Bertz CT molecular complexity index is 284. The van der Waals surface area contributed by atoms with Gasteiger partial charge in [0.25, 0.3) is 0 Å². The van der Waals surface area contributed by atoms with E-state index in [1.807, 2.05) is 0 Å². The van der Waals surface area contributed by atoms with Gasteiger partial charge in [-0.05, 0) is 30.7 Å². The normalized spacial score (nSPS) is 25.6. The van der Waals surface area contributed by atoms with Crippen molar-refractivity contribution in [1.29, 1.82) is 0 Å². The van der Waals surface area contributed by atoms with Crippen LogP contribution in [0.25, 0.3) is 0 Å². The molecule has 1 aliphatic heterocycles. The van der Waals surface area contributed by atoms with Gasteiger partial charge in [0.2, 0.25) is 0 Å². The Morgan fingerprint density at radius 3 is 2.50 bits per heavy atom. The fourth-order valence-corrected chi connectivity index (χ4v) is 2.60. The second kappa shape index (κ2) is 5.91. The summed E-state index contributed by atoms with van der Waals surface area (Å²) in [6, 6.07) is 0.556. The Morgan fingerprint density at radius 2 is 2.06 bits per heavy atom. The third-order valence-electron chi connectivity index (χ3n) is 3.66. The largest absolute Gasteiger partial charge is 0.465 e. The molecular formula is C14H28N2O2. The third-order valence-corrected chi connectivity index (χ3v) is 3.66. The summed E-state index contributed by atoms with van der Waals surface area (Å²) < 4.78 is 0. The molecule has 0 bridgehead atoms. The maximum atomic E-state index is 11.3. The minimum absolute atomic E-state index is 0.00340. The van der Waals surface area contributed by atoms with Crippen molar-refractivity contribution in [3.63, 3.8) is 0 Å². The van der Waals surface area contributed by atoms with Crippen molar-refractivity contribution in [3.05, 3.63) is 0 Å². The predicted molar refractivity (Wildman–Crippen MR) is 73.8 cm³/mol. The maximum Gasteiger partial charge on any atom is 0.407 e. The number of carboxylic acid groups (broad SMARTS) is 1. The molecule has 1 amide bonds. The van der Waals surface area contributed by atoms with Crippen LogP contribution in [0.2, 0.25) is 0 Å². The number of nitrogens with one attached hydrogen (secondary N) is 1. The van der Waals surface area contributed by atoms with Gasteiger partial charge in [0.15, 0.2) is 0 Å². The number of rotatable bonds is 3. The molecule has 4 heteroatoms. The van der Waals surface area contributed by atoms with Crippen molar-refractivity contribution in [2.75, 3.05) is 13.1 Å². The van der Waals surface area contributed by atoms with Gasteiger partial charge in [0, 0.05) is 18.6 Å². The van der Waals surface area contributed by atoms with Crippen molar-refractivity contribution >= 4 is 6.09 Å². The lowest BCUT2D eigenvalue weighted by Crippen LogP contribution is -2.55. The van der Waals surface area contributed by atoms with E-state index in [4.69, 9.17) is 0 Å². The second-order valence-electron chi connectivity index (χ2n) is 6.88. The van der Waals surface area contributed by atoms with E-state index in [2.05, 4.69) is 39.9 Å². The van der Waals surface area contributed by atoms with Gasteiger partial charge in [-0.25, -0.2) is 4.79 Å². The van der Waals surface area contributed by atoms with Crippen molar-refractivity contribution in [2.24, 2.45) is 11.3 Å². The molecule has 0 radical (unpaired) electrons. The molecule has 1 fully saturated rings. The van der Waals surface area contributed by atoms with E-state index in [1.54, 1.807) is 4.90 Å². The van der Waals surface area contributed by atoms with Crippen molar-refractivity contribution in [1.82, 2.24) is 10.2 Å². The van der Waals surface area contributed by atoms with Crippen LogP contribution in [0.15, 0.2) is 0 Å². The summed E-state index contributed by atoms with van der Waals surface area (Å²) in [7, 11) is 0. The fourth-order valence-electron chi connectivity index (χ4n) is 2.60. The van der Waals surface area contributed by atoms with Gasteiger partial charge < -0.3 is 15.3 Å². The van der Waals surface area contributed by atoms with Crippen LogP contribution < -0.4 is 5.32 Å². The Hall–Kier alpha value is -0.770. The molecule has 4 nitrogen and oxygen atoms in total. The molecule has 0 aromatic heterocycles. The van der Waals surface area contributed by atoms with Crippen LogP contribution in [-0.4, -0.2) is 41.3 Å². The van der Waals surface area contributed by atoms with E-state index >= 15 is 0 Å². The number of amides is 1. The molecule has 1 aliphatic rings. The lowest BCUT2D eigenvalue weighted by molar-refractivity contribution is 0.0480. The van der Waals surface area contributed by atoms with Gasteiger partial charge in [-0.1, -0.05) is 34.6 Å². The molecule has 1 rings (SSSR count). The zero-order chi connectivity index (χ0) is 13.9. The number of piperidine rings is 1. The average molecular weight is 256 g/mol. The molecule has 1 heterocycles. The highest BCUT2D eigenvalue weighted by Crippen LogP contribution is 2.32. The number of likely N-dealkylation sites (tertiary alicyclic amines) is 1. The van der Waals surface area contributed by atoms with Crippen LogP contribution in [0.1, 0.15) is 47.5 Å². The van der Waals surface area contributed by atoms with E-state index in [1.165, 1.54) is 0 Å². The summed E-state index contributed by atoms with van der Waals surface area (Å²) >= 11 is 0. The maximum absolute atomic E-state index is 11.3. The van der Waals surface area contributed by atoms with E-state index < -0.39 is 6.09 Å². The number of hydrogen-bond acceptors (Lipinski definition) is 2. The molecule has 2 unspecified atom stereocenters. The third kappa shape index (κ3) is 4.16. The van der Waals surface area contributed by atoms with E-state index in [0.717, 1.165) is 19.4 Å². The lowest BCUT2D eigenvalue weighted by Gasteiger charge is -2.45. The summed E-state index contributed by atoms with van der Waals surface area (Å²) in [5, 5.41) is 12.8.